The lowest BCUT2D eigenvalue weighted by molar-refractivity contribution is 0.641. The minimum Gasteiger partial charge on any atom is -0.348 e. The van der Waals surface area contributed by atoms with Gasteiger partial charge >= 0.3 is 0 Å². The molecule has 0 bridgehead atoms. The minimum absolute atomic E-state index is 0.736. The van der Waals surface area contributed by atoms with Crippen molar-refractivity contribution in [3.63, 3.8) is 0 Å². The van der Waals surface area contributed by atoms with Crippen LogP contribution >= 0.6 is 0 Å². The molecule has 0 spiro atoms. The molecule has 0 heterocycles. The van der Waals surface area contributed by atoms with Gasteiger partial charge in [-0.2, -0.15) is 0 Å². The van der Waals surface area contributed by atoms with Crippen LogP contribution in [0.1, 0.15) is 6.92 Å². The zero-order valence-corrected chi connectivity index (χ0v) is 5.73. The molecule has 0 atom stereocenters. The maximum Gasteiger partial charge on any atom is 0.219 e. The highest BCUT2D eigenvalue weighted by atomic mass is 15.0. The smallest absolute Gasteiger partial charge is 0.219 e. The largest absolute Gasteiger partial charge is 0.348 e. The van der Waals surface area contributed by atoms with Crippen LogP contribution in [-0.2, 0) is 0 Å². The molecule has 0 saturated carbocycles. The van der Waals surface area contributed by atoms with Gasteiger partial charge in [0, 0.05) is 0 Å². The topological polar surface area (TPSA) is 3.24 Å². The summed E-state index contributed by atoms with van der Waals surface area (Å²) in [6, 6.07) is 0. The van der Waals surface area contributed by atoms with Crippen LogP contribution < -0.4 is 0 Å². The first kappa shape index (κ1) is 7.02. The van der Waals surface area contributed by atoms with Gasteiger partial charge in [0.05, 0.1) is 0 Å². The summed E-state index contributed by atoms with van der Waals surface area (Å²) in [5, 5.41) is 0. The lowest BCUT2D eigenvalue weighted by Gasteiger charge is -2.12. The first-order valence-corrected chi connectivity index (χ1v) is 2.85. The predicted octanol–water partition coefficient (Wildman–Crippen LogP) is 1.19. The lowest BCUT2D eigenvalue weighted by atomic mass is 9.61. The fourth-order valence-corrected chi connectivity index (χ4v) is 0.365. The van der Waals surface area contributed by atoms with Crippen molar-refractivity contribution in [1.82, 2.24) is 4.81 Å². The van der Waals surface area contributed by atoms with Crippen LogP contribution in [0.5, 0.6) is 0 Å². The summed E-state index contributed by atoms with van der Waals surface area (Å²) >= 11 is 0. The molecule has 0 aromatic heterocycles. The van der Waals surface area contributed by atoms with Crippen LogP contribution in [0.25, 0.3) is 0 Å². The zero-order valence-electron chi connectivity index (χ0n) is 5.73. The van der Waals surface area contributed by atoms with Crippen molar-refractivity contribution in [1.29, 1.82) is 0 Å². The van der Waals surface area contributed by atoms with Crippen LogP contribution in [0.15, 0.2) is 0 Å². The third-order valence-electron chi connectivity index (χ3n) is 1.47. The van der Waals surface area contributed by atoms with Gasteiger partial charge in [0.1, 0.15) is 0 Å². The first-order valence-electron chi connectivity index (χ1n) is 2.85. The number of hydrogen-bond donors (Lipinski definition) is 0. The first-order chi connectivity index (χ1) is 3.18. The number of rotatable bonds is 2. The highest BCUT2D eigenvalue weighted by Gasteiger charge is 2.03. The van der Waals surface area contributed by atoms with E-state index in [1.807, 2.05) is 0 Å². The van der Waals surface area contributed by atoms with Gasteiger partial charge in [-0.25, -0.2) is 0 Å². The van der Waals surface area contributed by atoms with E-state index in [2.05, 4.69) is 32.7 Å². The van der Waals surface area contributed by atoms with Gasteiger partial charge in [0.25, 0.3) is 0 Å². The summed E-state index contributed by atoms with van der Waals surface area (Å²) in [7, 11) is 4.21. The van der Waals surface area contributed by atoms with E-state index >= 15 is 0 Å². The van der Waals surface area contributed by atoms with Crippen molar-refractivity contribution in [3.8, 4) is 0 Å². The highest BCUT2D eigenvalue weighted by molar-refractivity contribution is 6.53. The molecule has 0 saturated heterocycles. The quantitative estimate of drug-likeness (QED) is 0.470. The second-order valence-electron chi connectivity index (χ2n) is 2.22. The van der Waals surface area contributed by atoms with Crippen LogP contribution in [0.2, 0.25) is 13.1 Å². The third kappa shape index (κ3) is 2.69. The predicted molar refractivity (Wildman–Crippen MR) is 35.8 cm³/mol. The maximum absolute atomic E-state index is 2.22. The summed E-state index contributed by atoms with van der Waals surface area (Å²) < 4.78 is 0. The normalized spacial score (nSPS) is 9.86. The van der Waals surface area contributed by atoms with E-state index < -0.39 is 0 Å². The molecule has 0 radical (unpaired) electrons. The van der Waals surface area contributed by atoms with Crippen molar-refractivity contribution in [2.45, 2.75) is 20.1 Å². The van der Waals surface area contributed by atoms with E-state index in [1.54, 1.807) is 0 Å². The zero-order chi connectivity index (χ0) is 5.86. The summed E-state index contributed by atoms with van der Waals surface area (Å²) in [5.41, 5.74) is 0. The summed E-state index contributed by atoms with van der Waals surface area (Å²) in [6.45, 7) is 5.16. The van der Waals surface area contributed by atoms with Crippen LogP contribution in [0.4, 0.5) is 0 Å². The highest BCUT2D eigenvalue weighted by Crippen LogP contribution is 1.90. The molecule has 0 aliphatic heterocycles. The monoisotopic (exact) mass is 99.1 g/mol. The van der Waals surface area contributed by atoms with Crippen molar-refractivity contribution < 1.29 is 0 Å². The molecule has 0 aromatic rings. The summed E-state index contributed by atoms with van der Waals surface area (Å²) in [4.78, 5) is 2.22. The second-order valence-corrected chi connectivity index (χ2v) is 2.22. The molecule has 0 unspecified atom stereocenters. The van der Waals surface area contributed by atoms with E-state index in [-0.39, 0.29) is 0 Å². The number of hydrogen-bond acceptors (Lipinski definition) is 1. The van der Waals surface area contributed by atoms with Gasteiger partial charge in [-0.15, -0.1) is 0 Å². The van der Waals surface area contributed by atoms with Crippen molar-refractivity contribution in [3.05, 3.63) is 0 Å². The molecular formula is C5H14BN. The molecule has 42 valence electrons. The Hall–Kier alpha value is 0.0249. The molecule has 0 aliphatic carbocycles. The fraction of sp³-hybridized carbons (Fsp3) is 1.00. The van der Waals surface area contributed by atoms with Gasteiger partial charge in [-0.3, -0.25) is 0 Å². The standard InChI is InChI=1S/C5H14BN/c1-5-6(2)7(3)4/h5H2,1-4H3. The average Bonchev–Trinajstić information content (AvgIpc) is 1.65. The van der Waals surface area contributed by atoms with Gasteiger partial charge in [-0.05, 0) is 14.1 Å². The molecule has 2 heteroatoms. The van der Waals surface area contributed by atoms with Gasteiger partial charge in [-0.1, -0.05) is 20.1 Å². The van der Waals surface area contributed by atoms with E-state index in [0.717, 1.165) is 6.85 Å². The van der Waals surface area contributed by atoms with Crippen molar-refractivity contribution in [2.75, 3.05) is 14.1 Å². The molecule has 0 N–H and O–H groups in total. The van der Waals surface area contributed by atoms with E-state index in [0.29, 0.717) is 0 Å². The third-order valence-corrected chi connectivity index (χ3v) is 1.47. The molecule has 7 heavy (non-hydrogen) atoms. The van der Waals surface area contributed by atoms with Crippen LogP contribution in [0, 0.1) is 0 Å². The Kier molecular flexibility index (Phi) is 3.09. The Morgan fingerprint density at radius 3 is 1.86 bits per heavy atom. The SMILES string of the molecule is CCB(C)N(C)C. The number of nitrogens with zero attached hydrogens (tertiary/aromatic N) is 1. The Morgan fingerprint density at radius 2 is 1.86 bits per heavy atom. The Balaban J connectivity index is 3.14. The van der Waals surface area contributed by atoms with Crippen molar-refractivity contribution >= 4 is 6.85 Å². The summed E-state index contributed by atoms with van der Waals surface area (Å²) in [5.74, 6) is 0. The fourth-order valence-electron chi connectivity index (χ4n) is 0.365. The molecule has 0 fully saturated rings. The minimum atomic E-state index is 0.736. The Bertz CT molecular complexity index is 45.3. The average molecular weight is 99.0 g/mol. The second kappa shape index (κ2) is 3.08. The van der Waals surface area contributed by atoms with Crippen molar-refractivity contribution in [2.24, 2.45) is 0 Å². The molecule has 0 rings (SSSR count). The van der Waals surface area contributed by atoms with E-state index in [4.69, 9.17) is 0 Å². The van der Waals surface area contributed by atoms with E-state index in [1.165, 1.54) is 6.32 Å². The molecule has 0 aliphatic rings. The van der Waals surface area contributed by atoms with Crippen LogP contribution in [-0.4, -0.2) is 25.8 Å². The molecule has 1 nitrogen and oxygen atoms in total. The van der Waals surface area contributed by atoms with Gasteiger partial charge in [0.15, 0.2) is 0 Å². The Morgan fingerprint density at radius 1 is 1.43 bits per heavy atom. The van der Waals surface area contributed by atoms with Gasteiger partial charge < -0.3 is 4.81 Å². The lowest BCUT2D eigenvalue weighted by Crippen LogP contribution is -2.27. The molecule has 0 amide bonds. The maximum atomic E-state index is 2.22. The summed E-state index contributed by atoms with van der Waals surface area (Å²) in [6.07, 6.45) is 1.24. The van der Waals surface area contributed by atoms with Gasteiger partial charge in [0.2, 0.25) is 6.85 Å². The Labute approximate surface area is 46.8 Å². The molecular weight excluding hydrogens is 84.9 g/mol. The molecule has 0 aromatic carbocycles. The van der Waals surface area contributed by atoms with E-state index in [9.17, 15) is 0 Å². The van der Waals surface area contributed by atoms with Crippen LogP contribution in [0.3, 0.4) is 0 Å².